The van der Waals surface area contributed by atoms with Gasteiger partial charge in [-0.25, -0.2) is 4.42 Å². The van der Waals surface area contributed by atoms with Crippen LogP contribution in [0.4, 0.5) is 0 Å². The molecule has 0 saturated carbocycles. The van der Waals surface area contributed by atoms with E-state index in [9.17, 15) is 16.8 Å². The van der Waals surface area contributed by atoms with Gasteiger partial charge in [-0.15, -0.1) is 0 Å². The van der Waals surface area contributed by atoms with Crippen LogP contribution in [0.25, 0.3) is 10.9 Å². The monoisotopic (exact) mass is 689 g/mol. The van der Waals surface area contributed by atoms with Crippen molar-refractivity contribution in [2.24, 2.45) is 0 Å². The van der Waals surface area contributed by atoms with Gasteiger partial charge in [-0.3, -0.25) is 4.98 Å². The molecule has 0 N–H and O–H groups in total. The molecule has 4 aromatic rings. The van der Waals surface area contributed by atoms with Crippen LogP contribution in [0.5, 0.6) is 5.75 Å². The maximum Gasteiger partial charge on any atom is 0.279 e. The Morgan fingerprint density at radius 1 is 0.805 bits per heavy atom. The zero-order valence-electron chi connectivity index (χ0n) is 20.3. The number of para-hydroxylation sites is 1. The highest BCUT2D eigenvalue weighted by atomic mass is 35.5. The predicted molar refractivity (Wildman–Crippen MR) is 160 cm³/mol. The van der Waals surface area contributed by atoms with Crippen molar-refractivity contribution in [3.05, 3.63) is 117 Å². The number of nitrogens with zero attached hydrogens (tertiary/aromatic N) is 3. The van der Waals surface area contributed by atoms with Crippen LogP contribution in [0.15, 0.2) is 107 Å². The zero-order valence-corrected chi connectivity index (χ0v) is 25.7. The first-order valence-electron chi connectivity index (χ1n) is 11.4. The zero-order chi connectivity index (χ0) is 29.5. The second kappa shape index (κ2) is 11.5. The molecule has 8 nitrogen and oxygen atoms in total. The minimum Gasteiger partial charge on any atom is -0.464 e. The van der Waals surface area contributed by atoms with Gasteiger partial charge in [0.2, 0.25) is 6.23 Å². The molecule has 5 rings (SSSR count). The summed E-state index contributed by atoms with van der Waals surface area (Å²) in [5.74, 6) is 0.374. The fourth-order valence-electron chi connectivity index (χ4n) is 3.91. The van der Waals surface area contributed by atoms with E-state index in [1.165, 1.54) is 42.6 Å². The molecular weight excluding hydrogens is 676 g/mol. The summed E-state index contributed by atoms with van der Waals surface area (Å²) in [6.07, 6.45) is 4.26. The van der Waals surface area contributed by atoms with Crippen molar-refractivity contribution >= 4 is 89.1 Å². The average molecular weight is 692 g/mol. The van der Waals surface area contributed by atoms with Gasteiger partial charge in [0.05, 0.1) is 27.5 Å². The maximum absolute atomic E-state index is 13.9. The summed E-state index contributed by atoms with van der Waals surface area (Å²) < 4.78 is 62.8. The number of halogens is 5. The van der Waals surface area contributed by atoms with Crippen LogP contribution in [0.2, 0.25) is 20.1 Å². The van der Waals surface area contributed by atoms with Gasteiger partial charge in [0, 0.05) is 33.4 Å². The van der Waals surface area contributed by atoms with E-state index >= 15 is 0 Å². The van der Waals surface area contributed by atoms with Crippen LogP contribution >= 0.6 is 58.2 Å². The van der Waals surface area contributed by atoms with Gasteiger partial charge in [-0.1, -0.05) is 64.6 Å². The average Bonchev–Trinajstić information content (AvgIpc) is 2.89. The number of rotatable bonds is 7. The largest absolute Gasteiger partial charge is 0.464 e. The highest BCUT2D eigenvalue weighted by Crippen LogP contribution is 2.37. The molecule has 0 amide bonds. The number of fused-ring (bicyclic) bond motifs is 1. The molecule has 2 heterocycles. The van der Waals surface area contributed by atoms with E-state index in [4.69, 9.17) is 62.9 Å². The van der Waals surface area contributed by atoms with Gasteiger partial charge in [0.15, 0.2) is 0 Å². The van der Waals surface area contributed by atoms with Crippen molar-refractivity contribution in [3.8, 4) is 5.75 Å². The fraction of sp³-hybridized carbons (Fsp3) is 0.0385. The lowest BCUT2D eigenvalue weighted by Gasteiger charge is -2.31. The first kappa shape index (κ1) is 29.8. The molecule has 15 heteroatoms. The number of aromatic nitrogens is 1. The molecule has 1 atom stereocenters. The summed E-state index contributed by atoms with van der Waals surface area (Å²) in [5.41, 5.74) is 0.408. The molecule has 0 fully saturated rings. The summed E-state index contributed by atoms with van der Waals surface area (Å²) >= 11 is 30.7. The van der Waals surface area contributed by atoms with Crippen molar-refractivity contribution in [3.63, 3.8) is 0 Å². The van der Waals surface area contributed by atoms with Gasteiger partial charge < -0.3 is 4.74 Å². The topological polar surface area (TPSA) is 96.9 Å². The SMILES string of the molecule is O=S(=O)(c1ccc(Cl)cc1Cl)N(C1=CN(Cl)C(Oc2cnc3ccccc3c2)C=C1)S(=O)(=O)c1ccc(Cl)cc1Cl. The molecule has 41 heavy (non-hydrogen) atoms. The van der Waals surface area contributed by atoms with Crippen molar-refractivity contribution in [2.45, 2.75) is 16.0 Å². The van der Waals surface area contributed by atoms with E-state index < -0.39 is 36.1 Å². The number of ether oxygens (including phenoxy) is 1. The normalized spacial score (nSPS) is 15.6. The van der Waals surface area contributed by atoms with Crippen molar-refractivity contribution in [1.82, 2.24) is 13.1 Å². The van der Waals surface area contributed by atoms with Crippen LogP contribution in [-0.2, 0) is 20.0 Å². The molecule has 1 unspecified atom stereocenters. The molecule has 0 saturated heterocycles. The Morgan fingerprint density at radius 3 is 1.95 bits per heavy atom. The third kappa shape index (κ3) is 5.96. The number of hydrogen-bond donors (Lipinski definition) is 0. The Morgan fingerprint density at radius 2 is 1.39 bits per heavy atom. The Labute approximate surface area is 261 Å². The molecule has 0 radical (unpaired) electrons. The van der Waals surface area contributed by atoms with Crippen LogP contribution < -0.4 is 4.74 Å². The van der Waals surface area contributed by atoms with Gasteiger partial charge in [0.1, 0.15) is 15.5 Å². The van der Waals surface area contributed by atoms with E-state index in [1.807, 2.05) is 24.3 Å². The summed E-state index contributed by atoms with van der Waals surface area (Å²) in [6, 6.07) is 16.2. The maximum atomic E-state index is 13.9. The minimum absolute atomic E-state index is 0.149. The second-order valence-electron chi connectivity index (χ2n) is 8.49. The summed E-state index contributed by atoms with van der Waals surface area (Å²) in [4.78, 5) is 3.30. The Hall–Kier alpha value is -2.70. The van der Waals surface area contributed by atoms with Crippen LogP contribution in [0.1, 0.15) is 0 Å². The van der Waals surface area contributed by atoms with Crippen molar-refractivity contribution < 1.29 is 21.6 Å². The predicted octanol–water partition coefficient (Wildman–Crippen LogP) is 7.50. The molecule has 212 valence electrons. The standard InChI is InChI=1S/C26H16Cl5N3O5S2/c27-17-5-8-24(21(29)12-17)40(35,36)34(41(37,38)25-9-6-18(28)13-22(25)30)19-7-10-26(33(31)15-19)39-20-11-16-3-1-2-4-23(16)32-14-20/h1-15,26H. The highest BCUT2D eigenvalue weighted by molar-refractivity contribution is 8.04. The molecule has 0 aliphatic carbocycles. The molecule has 0 bridgehead atoms. The lowest BCUT2D eigenvalue weighted by Crippen LogP contribution is -2.39. The lowest BCUT2D eigenvalue weighted by atomic mass is 10.2. The Kier molecular flexibility index (Phi) is 8.37. The lowest BCUT2D eigenvalue weighted by molar-refractivity contribution is 0.161. The summed E-state index contributed by atoms with van der Waals surface area (Å²) in [6.45, 7) is 0. The third-order valence-electron chi connectivity index (χ3n) is 5.74. The molecule has 1 aliphatic rings. The van der Waals surface area contributed by atoms with E-state index in [0.717, 1.165) is 33.7 Å². The number of hydrogen-bond acceptors (Lipinski definition) is 7. The van der Waals surface area contributed by atoms with Gasteiger partial charge in [0.25, 0.3) is 20.0 Å². The molecule has 3 aromatic carbocycles. The van der Waals surface area contributed by atoms with Crippen LogP contribution in [0.3, 0.4) is 0 Å². The van der Waals surface area contributed by atoms with Gasteiger partial charge in [-0.2, -0.15) is 20.5 Å². The first-order valence-corrected chi connectivity index (χ1v) is 16.2. The summed E-state index contributed by atoms with van der Waals surface area (Å²) in [5, 5.41) is 0.526. The molecule has 1 aliphatic heterocycles. The first-order chi connectivity index (χ1) is 19.4. The molecule has 1 aromatic heterocycles. The smallest absolute Gasteiger partial charge is 0.279 e. The van der Waals surface area contributed by atoms with Crippen molar-refractivity contribution in [2.75, 3.05) is 0 Å². The van der Waals surface area contributed by atoms with Gasteiger partial charge >= 0.3 is 0 Å². The second-order valence-corrected chi connectivity index (χ2v) is 14.3. The third-order valence-corrected chi connectivity index (χ3v) is 11.6. The van der Waals surface area contributed by atoms with Crippen LogP contribution in [0, 0.1) is 0 Å². The number of sulfonamides is 2. The van der Waals surface area contributed by atoms with E-state index in [-0.39, 0.29) is 29.5 Å². The highest BCUT2D eigenvalue weighted by Gasteiger charge is 2.41. The number of pyridine rings is 1. The fourth-order valence-corrected chi connectivity index (χ4v) is 9.25. The van der Waals surface area contributed by atoms with E-state index in [2.05, 4.69) is 4.98 Å². The Balaban J connectivity index is 1.57. The van der Waals surface area contributed by atoms with E-state index in [0.29, 0.717) is 5.75 Å². The quantitative estimate of drug-likeness (QED) is 0.185. The minimum atomic E-state index is -4.90. The van der Waals surface area contributed by atoms with E-state index in [1.54, 1.807) is 6.07 Å². The van der Waals surface area contributed by atoms with Gasteiger partial charge in [-0.05, 0) is 60.7 Å². The van der Waals surface area contributed by atoms with Crippen molar-refractivity contribution in [1.29, 1.82) is 0 Å². The Bertz CT molecular complexity index is 1870. The van der Waals surface area contributed by atoms with Crippen LogP contribution in [-0.4, -0.2) is 36.2 Å². The number of allylic oxidation sites excluding steroid dienone is 1. The summed E-state index contributed by atoms with van der Waals surface area (Å²) in [7, 11) is -9.79. The molecular formula is C26H16Cl5N3O5S2. The number of benzene rings is 3. The molecule has 0 spiro atoms.